The van der Waals surface area contributed by atoms with Crippen molar-refractivity contribution in [2.24, 2.45) is 0 Å². The van der Waals surface area contributed by atoms with Gasteiger partial charge >= 0.3 is 0 Å². The van der Waals surface area contributed by atoms with E-state index < -0.39 is 0 Å². The summed E-state index contributed by atoms with van der Waals surface area (Å²) in [4.78, 5) is 25.0. The normalized spacial score (nSPS) is 10.2. The number of hydrogen-bond donors (Lipinski definition) is 1. The van der Waals surface area contributed by atoms with Crippen LogP contribution in [0.5, 0.6) is 11.5 Å². The van der Waals surface area contributed by atoms with Gasteiger partial charge in [0.25, 0.3) is 5.91 Å². The number of carbonyl (C=O) groups excluding carboxylic acids is 1. The second-order valence-electron chi connectivity index (χ2n) is 5.75. The average molecular weight is 345 g/mol. The summed E-state index contributed by atoms with van der Waals surface area (Å²) in [7, 11) is 10.5. The van der Waals surface area contributed by atoms with Crippen LogP contribution in [0.1, 0.15) is 10.4 Å². The van der Waals surface area contributed by atoms with Gasteiger partial charge in [0.2, 0.25) is 5.95 Å². The number of benzene rings is 1. The SMILES string of the molecule is COc1cc(OC)cc(C(=O)Nc2cnc(N(C)C)nc2N(C)C)c1. The van der Waals surface area contributed by atoms with Crippen molar-refractivity contribution in [3.05, 3.63) is 30.0 Å². The monoisotopic (exact) mass is 345 g/mol. The van der Waals surface area contributed by atoms with Gasteiger partial charge in [-0.25, -0.2) is 4.98 Å². The molecule has 0 bridgehead atoms. The molecule has 8 nitrogen and oxygen atoms in total. The Morgan fingerprint density at radius 2 is 1.60 bits per heavy atom. The Morgan fingerprint density at radius 3 is 2.08 bits per heavy atom. The maximum absolute atomic E-state index is 12.6. The fourth-order valence-electron chi connectivity index (χ4n) is 2.14. The van der Waals surface area contributed by atoms with Crippen molar-refractivity contribution in [2.45, 2.75) is 0 Å². The van der Waals surface area contributed by atoms with Crippen LogP contribution < -0.4 is 24.6 Å². The van der Waals surface area contributed by atoms with Crippen LogP contribution in [0.2, 0.25) is 0 Å². The predicted octanol–water partition coefficient (Wildman–Crippen LogP) is 1.88. The Hall–Kier alpha value is -3.03. The van der Waals surface area contributed by atoms with Crippen LogP contribution in [-0.4, -0.2) is 58.3 Å². The standard InChI is InChI=1S/C17H23N5O3/c1-21(2)15-14(10-18-17(20-15)22(3)4)19-16(23)11-7-12(24-5)9-13(8-11)25-6/h7-10H,1-6H3,(H,19,23). The summed E-state index contributed by atoms with van der Waals surface area (Å²) in [5.74, 6) is 1.95. The van der Waals surface area contributed by atoms with Crippen molar-refractivity contribution in [1.82, 2.24) is 9.97 Å². The lowest BCUT2D eigenvalue weighted by Crippen LogP contribution is -2.21. The van der Waals surface area contributed by atoms with Crippen molar-refractivity contribution >= 4 is 23.4 Å². The highest BCUT2D eigenvalue weighted by atomic mass is 16.5. The topological polar surface area (TPSA) is 79.8 Å². The van der Waals surface area contributed by atoms with Gasteiger partial charge in [0.15, 0.2) is 5.82 Å². The van der Waals surface area contributed by atoms with E-state index in [2.05, 4.69) is 15.3 Å². The van der Waals surface area contributed by atoms with Gasteiger partial charge in [-0.3, -0.25) is 4.79 Å². The molecular formula is C17H23N5O3. The first-order chi connectivity index (χ1) is 11.8. The summed E-state index contributed by atoms with van der Waals surface area (Å²) in [6, 6.07) is 4.99. The molecule has 8 heteroatoms. The summed E-state index contributed by atoms with van der Waals surface area (Å²) >= 11 is 0. The Balaban J connectivity index is 2.34. The maximum Gasteiger partial charge on any atom is 0.256 e. The van der Waals surface area contributed by atoms with Crippen molar-refractivity contribution in [3.63, 3.8) is 0 Å². The van der Waals surface area contributed by atoms with E-state index in [4.69, 9.17) is 9.47 Å². The highest BCUT2D eigenvalue weighted by Gasteiger charge is 2.15. The molecule has 134 valence electrons. The minimum absolute atomic E-state index is 0.304. The molecule has 0 radical (unpaired) electrons. The van der Waals surface area contributed by atoms with E-state index >= 15 is 0 Å². The molecule has 1 N–H and O–H groups in total. The fourth-order valence-corrected chi connectivity index (χ4v) is 2.14. The molecule has 2 aromatic rings. The Morgan fingerprint density at radius 1 is 1.00 bits per heavy atom. The average Bonchev–Trinajstić information content (AvgIpc) is 2.60. The smallest absolute Gasteiger partial charge is 0.256 e. The number of ether oxygens (including phenoxy) is 2. The molecular weight excluding hydrogens is 322 g/mol. The summed E-state index contributed by atoms with van der Waals surface area (Å²) < 4.78 is 10.4. The number of anilines is 3. The zero-order valence-corrected chi connectivity index (χ0v) is 15.3. The van der Waals surface area contributed by atoms with Gasteiger partial charge in [0, 0.05) is 39.8 Å². The first kappa shape index (κ1) is 18.3. The molecule has 0 saturated carbocycles. The molecule has 1 aromatic carbocycles. The van der Waals surface area contributed by atoms with Gasteiger partial charge < -0.3 is 24.6 Å². The number of nitrogens with one attached hydrogen (secondary N) is 1. The number of nitrogens with zero attached hydrogens (tertiary/aromatic N) is 4. The van der Waals surface area contributed by atoms with E-state index in [0.717, 1.165) is 0 Å². The summed E-state index contributed by atoms with van der Waals surface area (Å²) in [5.41, 5.74) is 0.931. The van der Waals surface area contributed by atoms with E-state index in [1.165, 1.54) is 14.2 Å². The largest absolute Gasteiger partial charge is 0.497 e. The molecule has 0 aliphatic heterocycles. The molecule has 0 unspecified atom stereocenters. The number of hydrogen-bond acceptors (Lipinski definition) is 7. The summed E-state index contributed by atoms with van der Waals surface area (Å²) in [6.07, 6.45) is 1.59. The second kappa shape index (κ2) is 7.69. The van der Waals surface area contributed by atoms with E-state index in [1.54, 1.807) is 29.3 Å². The van der Waals surface area contributed by atoms with Crippen molar-refractivity contribution < 1.29 is 14.3 Å². The van der Waals surface area contributed by atoms with E-state index in [-0.39, 0.29) is 5.91 Å². The van der Waals surface area contributed by atoms with Gasteiger partial charge in [-0.15, -0.1) is 0 Å². The van der Waals surface area contributed by atoms with Gasteiger partial charge in [0.05, 0.1) is 20.4 Å². The van der Waals surface area contributed by atoms with Crippen LogP contribution in [-0.2, 0) is 0 Å². The van der Waals surface area contributed by atoms with E-state index in [0.29, 0.717) is 34.5 Å². The fraction of sp³-hybridized carbons (Fsp3) is 0.353. The number of carbonyl (C=O) groups is 1. The zero-order chi connectivity index (χ0) is 18.6. The molecule has 2 rings (SSSR count). The Bertz CT molecular complexity index is 740. The van der Waals surface area contributed by atoms with Crippen LogP contribution >= 0.6 is 0 Å². The third-order valence-electron chi connectivity index (χ3n) is 3.44. The van der Waals surface area contributed by atoms with Crippen molar-refractivity contribution in [1.29, 1.82) is 0 Å². The van der Waals surface area contributed by atoms with Crippen molar-refractivity contribution in [3.8, 4) is 11.5 Å². The highest BCUT2D eigenvalue weighted by Crippen LogP contribution is 2.26. The molecule has 1 heterocycles. The molecule has 1 amide bonds. The molecule has 0 saturated heterocycles. The van der Waals surface area contributed by atoms with Crippen LogP contribution in [0, 0.1) is 0 Å². The molecule has 0 aliphatic rings. The maximum atomic E-state index is 12.6. The number of amides is 1. The quantitative estimate of drug-likeness (QED) is 0.856. The zero-order valence-electron chi connectivity index (χ0n) is 15.3. The van der Waals surface area contributed by atoms with Gasteiger partial charge in [-0.1, -0.05) is 0 Å². The van der Waals surface area contributed by atoms with E-state index in [9.17, 15) is 4.79 Å². The van der Waals surface area contributed by atoms with Crippen LogP contribution in [0.25, 0.3) is 0 Å². The highest BCUT2D eigenvalue weighted by molar-refractivity contribution is 6.06. The summed E-state index contributed by atoms with van der Waals surface area (Å²) in [6.45, 7) is 0. The Kier molecular flexibility index (Phi) is 5.63. The van der Waals surface area contributed by atoms with Crippen LogP contribution in [0.4, 0.5) is 17.5 Å². The third-order valence-corrected chi connectivity index (χ3v) is 3.44. The molecule has 25 heavy (non-hydrogen) atoms. The van der Waals surface area contributed by atoms with Crippen LogP contribution in [0.3, 0.4) is 0 Å². The third kappa shape index (κ3) is 4.28. The predicted molar refractivity (Wildman–Crippen MR) is 98.2 cm³/mol. The Labute approximate surface area is 147 Å². The number of rotatable bonds is 6. The molecule has 0 fully saturated rings. The summed E-state index contributed by atoms with van der Waals surface area (Å²) in [5, 5.41) is 2.84. The minimum atomic E-state index is -0.304. The van der Waals surface area contributed by atoms with Gasteiger partial charge in [-0.2, -0.15) is 4.98 Å². The molecule has 0 atom stereocenters. The number of methoxy groups -OCH3 is 2. The minimum Gasteiger partial charge on any atom is -0.497 e. The second-order valence-corrected chi connectivity index (χ2v) is 5.75. The van der Waals surface area contributed by atoms with Crippen molar-refractivity contribution in [2.75, 3.05) is 57.5 Å². The van der Waals surface area contributed by atoms with Gasteiger partial charge in [-0.05, 0) is 12.1 Å². The molecule has 1 aromatic heterocycles. The lowest BCUT2D eigenvalue weighted by molar-refractivity contribution is 0.102. The first-order valence-corrected chi connectivity index (χ1v) is 7.61. The molecule has 0 aliphatic carbocycles. The van der Waals surface area contributed by atoms with Crippen LogP contribution in [0.15, 0.2) is 24.4 Å². The first-order valence-electron chi connectivity index (χ1n) is 7.61. The van der Waals surface area contributed by atoms with Gasteiger partial charge in [0.1, 0.15) is 17.2 Å². The number of aromatic nitrogens is 2. The lowest BCUT2D eigenvalue weighted by atomic mass is 10.2. The van der Waals surface area contributed by atoms with E-state index in [1.807, 2.05) is 33.1 Å². The molecule has 0 spiro atoms. The lowest BCUT2D eigenvalue weighted by Gasteiger charge is -2.19.